The van der Waals surface area contributed by atoms with Crippen LogP contribution in [0.3, 0.4) is 0 Å². The van der Waals surface area contributed by atoms with Crippen LogP contribution in [0.25, 0.3) is 22.6 Å². The number of ether oxygens (including phenoxy) is 1. The lowest BCUT2D eigenvalue weighted by atomic mass is 9.63. The number of rotatable bonds is 3. The molecule has 7 heterocycles. The van der Waals surface area contributed by atoms with Crippen molar-refractivity contribution in [3.05, 3.63) is 27.3 Å². The number of likely N-dealkylation sites (N-methyl/N-ethyl adjacent to an activating group) is 1. The molecule has 0 saturated carbocycles. The Balaban J connectivity index is 1.24. The molecular formula is C33H39N9O3S. The summed E-state index contributed by atoms with van der Waals surface area (Å²) in [5.41, 5.74) is 10.0. The van der Waals surface area contributed by atoms with Crippen molar-refractivity contribution >= 4 is 33.2 Å². The van der Waals surface area contributed by atoms with Gasteiger partial charge in [-0.05, 0) is 90.3 Å². The number of hydrogen-bond donors (Lipinski definition) is 2. The number of anilines is 2. The van der Waals surface area contributed by atoms with Crippen molar-refractivity contribution in [1.82, 2.24) is 29.8 Å². The van der Waals surface area contributed by atoms with Crippen molar-refractivity contribution in [1.29, 1.82) is 5.26 Å². The van der Waals surface area contributed by atoms with E-state index in [1.54, 1.807) is 11.3 Å². The molecule has 46 heavy (non-hydrogen) atoms. The second-order valence-electron chi connectivity index (χ2n) is 14.0. The predicted molar refractivity (Wildman–Crippen MR) is 173 cm³/mol. The third-order valence-electron chi connectivity index (χ3n) is 11.5. The fourth-order valence-corrected chi connectivity index (χ4v) is 10.4. The number of piperidine rings is 1. The molecule has 5 aliphatic rings. The summed E-state index contributed by atoms with van der Waals surface area (Å²) in [5.74, 6) is 2.64. The number of aliphatic hydroxyl groups excluding tert-OH is 1. The van der Waals surface area contributed by atoms with Crippen molar-refractivity contribution in [3.63, 3.8) is 0 Å². The second kappa shape index (κ2) is 10.4. The lowest BCUT2D eigenvalue weighted by molar-refractivity contribution is 0.130. The van der Waals surface area contributed by atoms with Crippen LogP contribution in [0.5, 0.6) is 5.88 Å². The Hall–Kier alpha value is -3.73. The van der Waals surface area contributed by atoms with Crippen LogP contribution in [0, 0.1) is 11.3 Å². The van der Waals surface area contributed by atoms with Gasteiger partial charge in [-0.1, -0.05) is 5.16 Å². The first kappa shape index (κ1) is 28.5. The molecule has 0 radical (unpaired) electrons. The molecule has 9 rings (SSSR count). The van der Waals surface area contributed by atoms with Gasteiger partial charge in [0.2, 0.25) is 5.88 Å². The number of aliphatic hydroxyl groups is 1. The van der Waals surface area contributed by atoms with Crippen LogP contribution < -0.4 is 15.4 Å². The van der Waals surface area contributed by atoms with Gasteiger partial charge < -0.3 is 29.9 Å². The molecule has 4 aromatic heterocycles. The number of aryl methyl sites for hydroxylation is 1. The highest BCUT2D eigenvalue weighted by atomic mass is 32.1. The molecular weight excluding hydrogens is 602 g/mol. The van der Waals surface area contributed by atoms with Gasteiger partial charge in [-0.25, -0.2) is 14.6 Å². The Morgan fingerprint density at radius 2 is 2.00 bits per heavy atom. The summed E-state index contributed by atoms with van der Waals surface area (Å²) >= 11 is 1.55. The lowest BCUT2D eigenvalue weighted by Gasteiger charge is -2.39. The number of nitrogen functional groups attached to an aromatic ring is 1. The van der Waals surface area contributed by atoms with Crippen LogP contribution in [-0.4, -0.2) is 79.8 Å². The van der Waals surface area contributed by atoms with Crippen LogP contribution in [-0.2, 0) is 18.3 Å². The SMILES string of the molecule is C[C@@H]([C@@H]1CCCN1C)n1nc2c3c(nc(-c4noc5c4CCC[C@@]54CCCc5sc(N)c(C#N)c54)nc31)N1C[C@H](O)CC[C@@H]1CO2. The molecule has 1 spiro atoms. The first-order chi connectivity index (χ1) is 22.4. The molecule has 12 nitrogen and oxygen atoms in total. The number of nitrogens with zero attached hydrogens (tertiary/aromatic N) is 8. The quantitative estimate of drug-likeness (QED) is 0.328. The minimum atomic E-state index is -0.445. The van der Waals surface area contributed by atoms with Gasteiger partial charge in [0, 0.05) is 23.0 Å². The minimum Gasteiger partial charge on any atom is -0.474 e. The van der Waals surface area contributed by atoms with Crippen molar-refractivity contribution in [2.45, 2.75) is 101 Å². The summed E-state index contributed by atoms with van der Waals surface area (Å²) in [6.07, 6.45) is 8.81. The second-order valence-corrected chi connectivity index (χ2v) is 15.1. The first-order valence-corrected chi connectivity index (χ1v) is 17.6. The van der Waals surface area contributed by atoms with Gasteiger partial charge in [-0.15, -0.1) is 16.4 Å². The van der Waals surface area contributed by atoms with Crippen LogP contribution in [0.2, 0.25) is 0 Å². The largest absolute Gasteiger partial charge is 0.474 e. The van der Waals surface area contributed by atoms with Crippen molar-refractivity contribution in [2.75, 3.05) is 37.4 Å². The maximum atomic E-state index is 10.8. The molecule has 4 aromatic rings. The maximum Gasteiger partial charge on any atom is 0.246 e. The monoisotopic (exact) mass is 641 g/mol. The van der Waals surface area contributed by atoms with E-state index in [-0.39, 0.29) is 12.1 Å². The van der Waals surface area contributed by atoms with E-state index in [9.17, 15) is 10.4 Å². The van der Waals surface area contributed by atoms with Crippen molar-refractivity contribution in [3.8, 4) is 23.5 Å². The van der Waals surface area contributed by atoms with Crippen molar-refractivity contribution in [2.24, 2.45) is 0 Å². The predicted octanol–water partition coefficient (Wildman–Crippen LogP) is 4.33. The van der Waals surface area contributed by atoms with E-state index < -0.39 is 11.5 Å². The molecule has 0 amide bonds. The Morgan fingerprint density at radius 1 is 1.15 bits per heavy atom. The van der Waals surface area contributed by atoms with E-state index in [2.05, 4.69) is 29.8 Å². The van der Waals surface area contributed by atoms with Gasteiger partial charge in [0.15, 0.2) is 22.9 Å². The third kappa shape index (κ3) is 3.96. The Bertz CT molecular complexity index is 1900. The van der Waals surface area contributed by atoms with E-state index in [0.29, 0.717) is 47.2 Å². The van der Waals surface area contributed by atoms with Crippen LogP contribution in [0.15, 0.2) is 4.52 Å². The van der Waals surface area contributed by atoms with Gasteiger partial charge in [0.05, 0.1) is 29.2 Å². The molecule has 13 heteroatoms. The molecule has 2 aliphatic carbocycles. The molecule has 0 bridgehead atoms. The van der Waals surface area contributed by atoms with E-state index in [4.69, 9.17) is 35.2 Å². The fraction of sp³-hybridized carbons (Fsp3) is 0.606. The van der Waals surface area contributed by atoms with Gasteiger partial charge in [0.1, 0.15) is 28.9 Å². The summed E-state index contributed by atoms with van der Waals surface area (Å²) in [6, 6.07) is 2.89. The maximum absolute atomic E-state index is 10.8. The zero-order chi connectivity index (χ0) is 31.3. The number of nitriles is 1. The number of hydrogen-bond acceptors (Lipinski definition) is 12. The van der Waals surface area contributed by atoms with Crippen LogP contribution in [0.4, 0.5) is 10.8 Å². The van der Waals surface area contributed by atoms with Crippen LogP contribution in [0.1, 0.15) is 91.7 Å². The third-order valence-corrected chi connectivity index (χ3v) is 12.5. The summed E-state index contributed by atoms with van der Waals surface area (Å²) in [6.45, 7) is 4.24. The molecule has 2 saturated heterocycles. The number of fused-ring (bicyclic) bond motifs is 6. The number of nitrogens with two attached hydrogens (primary N) is 1. The summed E-state index contributed by atoms with van der Waals surface area (Å²) in [5, 5.41) is 32.1. The summed E-state index contributed by atoms with van der Waals surface area (Å²) in [7, 11) is 2.18. The van der Waals surface area contributed by atoms with E-state index in [1.165, 1.54) is 4.88 Å². The first-order valence-electron chi connectivity index (χ1n) is 16.8. The van der Waals surface area contributed by atoms with Gasteiger partial charge in [-0.3, -0.25) is 0 Å². The van der Waals surface area contributed by atoms with Gasteiger partial charge in [-0.2, -0.15) is 5.26 Å². The average molecular weight is 642 g/mol. The molecule has 2 fully saturated rings. The summed E-state index contributed by atoms with van der Waals surface area (Å²) < 4.78 is 14.8. The number of likely N-dealkylation sites (tertiary alicyclic amines) is 1. The normalized spacial score (nSPS) is 28.0. The molecule has 3 N–H and O–H groups in total. The zero-order valence-electron chi connectivity index (χ0n) is 26.3. The number of aromatic nitrogens is 5. The highest BCUT2D eigenvalue weighted by molar-refractivity contribution is 7.16. The standard InChI is InChI=1S/C33H39N9O3S/c1-17(22-7-5-13-40(22)2)42-31-24-30(41-15-19(43)10-9-18(41)16-44-32(24)38-42)36-29(37-31)26-20-6-3-11-33(27(20)45-39-26)12-4-8-23-25(33)21(14-34)28(35)46-23/h17-19,22,43H,3-13,15-16,35H2,1-2H3/t17-,18+,19+,22-,33-/m0/s1. The molecule has 0 aromatic carbocycles. The Labute approximate surface area is 271 Å². The molecule has 240 valence electrons. The van der Waals surface area contributed by atoms with Crippen molar-refractivity contribution < 1.29 is 14.4 Å². The average Bonchev–Trinajstić information content (AvgIpc) is 3.82. The molecule has 3 aliphatic heterocycles. The van der Waals surface area contributed by atoms with E-state index in [1.807, 2.05) is 4.68 Å². The summed E-state index contributed by atoms with van der Waals surface area (Å²) in [4.78, 5) is 16.3. The highest BCUT2D eigenvalue weighted by Gasteiger charge is 2.49. The fourth-order valence-electron chi connectivity index (χ4n) is 9.23. The van der Waals surface area contributed by atoms with Gasteiger partial charge >= 0.3 is 0 Å². The number of thiophene rings is 1. The zero-order valence-corrected chi connectivity index (χ0v) is 27.1. The van der Waals surface area contributed by atoms with Gasteiger partial charge in [0.25, 0.3) is 0 Å². The van der Waals surface area contributed by atoms with E-state index >= 15 is 0 Å². The molecule has 0 unspecified atom stereocenters. The topological polar surface area (TPSA) is 155 Å². The Kier molecular flexibility index (Phi) is 6.43. The minimum absolute atomic E-state index is 0.0636. The lowest BCUT2D eigenvalue weighted by Crippen LogP contribution is -2.48. The molecule has 5 atom stereocenters. The van der Waals surface area contributed by atoms with Crippen LogP contribution >= 0.6 is 11.3 Å². The highest BCUT2D eigenvalue weighted by Crippen LogP contribution is 2.55. The smallest absolute Gasteiger partial charge is 0.246 e. The Morgan fingerprint density at radius 3 is 2.80 bits per heavy atom. The van der Waals surface area contributed by atoms with E-state index in [0.717, 1.165) is 104 Å².